The first-order valence-electron chi connectivity index (χ1n) is 3.40. The third-order valence-corrected chi connectivity index (χ3v) is 1.27. The summed E-state index contributed by atoms with van der Waals surface area (Å²) in [7, 11) is 3.31. The van der Waals surface area contributed by atoms with E-state index in [2.05, 4.69) is 0 Å². The van der Waals surface area contributed by atoms with Crippen molar-refractivity contribution in [3.63, 3.8) is 0 Å². The van der Waals surface area contributed by atoms with Crippen molar-refractivity contribution in [3.8, 4) is 0 Å². The van der Waals surface area contributed by atoms with E-state index in [-0.39, 0.29) is 6.10 Å². The van der Waals surface area contributed by atoms with Crippen molar-refractivity contribution >= 4 is 0 Å². The first kappa shape index (κ1) is 9.88. The molecule has 10 heavy (non-hydrogen) atoms. The average Bonchev–Trinajstić information content (AvgIpc) is 1.98. The highest BCUT2D eigenvalue weighted by Gasteiger charge is 1.97. The molecule has 62 valence electrons. The van der Waals surface area contributed by atoms with Crippen LogP contribution in [0.1, 0.15) is 13.3 Å². The maximum absolute atomic E-state index is 5.05. The van der Waals surface area contributed by atoms with E-state index < -0.39 is 0 Å². The van der Waals surface area contributed by atoms with Crippen LogP contribution in [0.5, 0.6) is 0 Å². The van der Waals surface area contributed by atoms with Crippen molar-refractivity contribution in [3.05, 3.63) is 0 Å². The second kappa shape index (κ2) is 6.99. The summed E-state index contributed by atoms with van der Waals surface area (Å²) in [5.41, 5.74) is 0. The van der Waals surface area contributed by atoms with Gasteiger partial charge in [-0.15, -0.1) is 0 Å². The van der Waals surface area contributed by atoms with Gasteiger partial charge in [-0.25, -0.2) is 0 Å². The highest BCUT2D eigenvalue weighted by molar-refractivity contribution is 4.45. The second-order valence-corrected chi connectivity index (χ2v) is 2.15. The molecule has 1 unspecified atom stereocenters. The summed E-state index contributed by atoms with van der Waals surface area (Å²) >= 11 is 0. The molecule has 0 N–H and O–H groups in total. The Hall–Kier alpha value is -0.120. The van der Waals surface area contributed by atoms with Crippen molar-refractivity contribution in [2.45, 2.75) is 19.4 Å². The van der Waals surface area contributed by atoms with Gasteiger partial charge >= 0.3 is 0 Å². The quantitative estimate of drug-likeness (QED) is 0.416. The van der Waals surface area contributed by atoms with Crippen LogP contribution >= 0.6 is 0 Å². The van der Waals surface area contributed by atoms with Crippen LogP contribution in [0, 0.1) is 0 Å². The van der Waals surface area contributed by atoms with E-state index >= 15 is 0 Å². The lowest BCUT2D eigenvalue weighted by atomic mass is 10.3. The minimum Gasteiger partial charge on any atom is -0.382 e. The van der Waals surface area contributed by atoms with E-state index in [4.69, 9.17) is 14.2 Å². The third kappa shape index (κ3) is 6.01. The standard InChI is InChI=1S/C7H16O3/c1-7(9-3)4-5-10-6-8-2/h7H,4-6H2,1-3H3. The lowest BCUT2D eigenvalue weighted by Crippen LogP contribution is -2.09. The molecule has 0 rings (SSSR count). The molecule has 0 aliphatic heterocycles. The molecular weight excluding hydrogens is 132 g/mol. The van der Waals surface area contributed by atoms with E-state index in [1.54, 1.807) is 14.2 Å². The predicted octanol–water partition coefficient (Wildman–Crippen LogP) is 1.03. The fourth-order valence-corrected chi connectivity index (χ4v) is 0.509. The van der Waals surface area contributed by atoms with Crippen LogP contribution in [0.3, 0.4) is 0 Å². The van der Waals surface area contributed by atoms with Crippen molar-refractivity contribution in [2.24, 2.45) is 0 Å². The number of methoxy groups -OCH3 is 2. The van der Waals surface area contributed by atoms with E-state index in [9.17, 15) is 0 Å². The van der Waals surface area contributed by atoms with E-state index in [0.29, 0.717) is 13.4 Å². The van der Waals surface area contributed by atoms with Gasteiger partial charge in [0.25, 0.3) is 0 Å². The number of ether oxygens (including phenoxy) is 3. The highest BCUT2D eigenvalue weighted by atomic mass is 16.7. The molecule has 1 atom stereocenters. The molecule has 3 nitrogen and oxygen atoms in total. The molecule has 0 aromatic heterocycles. The van der Waals surface area contributed by atoms with Gasteiger partial charge in [0.1, 0.15) is 6.79 Å². The Morgan fingerprint density at radius 3 is 2.50 bits per heavy atom. The monoisotopic (exact) mass is 148 g/mol. The van der Waals surface area contributed by atoms with Gasteiger partial charge in [-0.2, -0.15) is 0 Å². The molecule has 0 saturated heterocycles. The fraction of sp³-hybridized carbons (Fsp3) is 1.00. The van der Waals surface area contributed by atoms with Gasteiger partial charge in [-0.1, -0.05) is 0 Å². The second-order valence-electron chi connectivity index (χ2n) is 2.15. The maximum atomic E-state index is 5.05. The van der Waals surface area contributed by atoms with E-state index in [1.165, 1.54) is 0 Å². The minimum absolute atomic E-state index is 0.275. The van der Waals surface area contributed by atoms with Crippen LogP contribution in [-0.2, 0) is 14.2 Å². The first-order chi connectivity index (χ1) is 4.81. The van der Waals surface area contributed by atoms with Crippen LogP contribution in [-0.4, -0.2) is 33.7 Å². The molecule has 0 fully saturated rings. The zero-order valence-corrected chi connectivity index (χ0v) is 6.92. The van der Waals surface area contributed by atoms with Crippen LogP contribution in [0.15, 0.2) is 0 Å². The zero-order valence-electron chi connectivity index (χ0n) is 6.92. The number of hydrogen-bond donors (Lipinski definition) is 0. The summed E-state index contributed by atoms with van der Waals surface area (Å²) in [4.78, 5) is 0. The molecule has 0 bridgehead atoms. The summed E-state index contributed by atoms with van der Waals surface area (Å²) in [6, 6.07) is 0. The Bertz CT molecular complexity index is 65.9. The summed E-state index contributed by atoms with van der Waals surface area (Å²) in [6.07, 6.45) is 1.19. The van der Waals surface area contributed by atoms with Gasteiger partial charge in [-0.05, 0) is 13.3 Å². The zero-order chi connectivity index (χ0) is 7.82. The number of hydrogen-bond acceptors (Lipinski definition) is 3. The summed E-state index contributed by atoms with van der Waals surface area (Å²) in [5.74, 6) is 0. The molecule has 0 spiro atoms. The van der Waals surface area contributed by atoms with Crippen molar-refractivity contribution in [2.75, 3.05) is 27.6 Å². The molecule has 0 radical (unpaired) electrons. The molecule has 0 saturated carbocycles. The van der Waals surface area contributed by atoms with E-state index in [0.717, 1.165) is 6.42 Å². The van der Waals surface area contributed by atoms with Gasteiger partial charge in [-0.3, -0.25) is 0 Å². The lowest BCUT2D eigenvalue weighted by Gasteiger charge is -2.08. The predicted molar refractivity (Wildman–Crippen MR) is 38.9 cm³/mol. The Morgan fingerprint density at radius 1 is 1.30 bits per heavy atom. The van der Waals surface area contributed by atoms with Gasteiger partial charge < -0.3 is 14.2 Å². The SMILES string of the molecule is COCOCCC(C)OC. The topological polar surface area (TPSA) is 27.7 Å². The minimum atomic E-state index is 0.275. The Labute approximate surface area is 62.3 Å². The number of rotatable bonds is 6. The molecule has 0 aliphatic carbocycles. The fourth-order valence-electron chi connectivity index (χ4n) is 0.509. The molecular formula is C7H16O3. The summed E-state index contributed by atoms with van der Waals surface area (Å²) in [5, 5.41) is 0. The highest BCUT2D eigenvalue weighted by Crippen LogP contribution is 1.94. The molecule has 3 heteroatoms. The maximum Gasteiger partial charge on any atom is 0.146 e. The van der Waals surface area contributed by atoms with Crippen LogP contribution in [0.4, 0.5) is 0 Å². The van der Waals surface area contributed by atoms with Crippen LogP contribution in [0.25, 0.3) is 0 Å². The summed E-state index contributed by atoms with van der Waals surface area (Å²) < 4.78 is 14.8. The van der Waals surface area contributed by atoms with Crippen molar-refractivity contribution in [1.82, 2.24) is 0 Å². The largest absolute Gasteiger partial charge is 0.382 e. The normalized spacial score (nSPS) is 13.5. The van der Waals surface area contributed by atoms with Gasteiger partial charge in [0.05, 0.1) is 12.7 Å². The molecule has 0 heterocycles. The van der Waals surface area contributed by atoms with Gasteiger partial charge in [0, 0.05) is 14.2 Å². The van der Waals surface area contributed by atoms with E-state index in [1.807, 2.05) is 6.92 Å². The van der Waals surface area contributed by atoms with Gasteiger partial charge in [0.15, 0.2) is 0 Å². The van der Waals surface area contributed by atoms with Crippen molar-refractivity contribution in [1.29, 1.82) is 0 Å². The smallest absolute Gasteiger partial charge is 0.146 e. The van der Waals surface area contributed by atoms with Crippen LogP contribution in [0.2, 0.25) is 0 Å². The Morgan fingerprint density at radius 2 is 2.00 bits per heavy atom. The first-order valence-corrected chi connectivity index (χ1v) is 3.40. The lowest BCUT2D eigenvalue weighted by molar-refractivity contribution is -0.0415. The van der Waals surface area contributed by atoms with Gasteiger partial charge in [0.2, 0.25) is 0 Å². The van der Waals surface area contributed by atoms with Crippen LogP contribution < -0.4 is 0 Å². The third-order valence-electron chi connectivity index (χ3n) is 1.27. The molecule has 0 aromatic carbocycles. The molecule has 0 aliphatic rings. The Kier molecular flexibility index (Phi) is 6.91. The molecule has 0 aromatic rings. The average molecular weight is 148 g/mol. The summed E-state index contributed by atoms with van der Waals surface area (Å²) in [6.45, 7) is 3.08. The van der Waals surface area contributed by atoms with Crippen molar-refractivity contribution < 1.29 is 14.2 Å². The Balaban J connectivity index is 2.89. The molecule has 0 amide bonds.